The average molecular weight is 367 g/mol. The van der Waals surface area contributed by atoms with Crippen LogP contribution in [-0.2, 0) is 4.79 Å². The molecule has 0 aliphatic carbocycles. The van der Waals surface area contributed by atoms with Gasteiger partial charge in [0.05, 0.1) is 12.7 Å². The first kappa shape index (κ1) is 18.5. The Balaban J connectivity index is 1.79. The molecule has 1 N–H and O–H groups in total. The number of carbonyl (C=O) groups excluding carboxylic acids is 2. The monoisotopic (exact) mass is 367 g/mol. The van der Waals surface area contributed by atoms with Crippen molar-refractivity contribution in [2.24, 2.45) is 0 Å². The second-order valence-electron chi connectivity index (χ2n) is 5.94. The summed E-state index contributed by atoms with van der Waals surface area (Å²) in [6.45, 7) is 2.52. The second-order valence-corrected chi connectivity index (χ2v) is 5.94. The zero-order chi connectivity index (χ0) is 19.2. The fraction of sp³-hybridized carbons (Fsp3) is 0.238. The van der Waals surface area contributed by atoms with Gasteiger partial charge in [0.15, 0.2) is 23.9 Å². The standard InChI is InChI=1S/C21H21NO5/c1-3-22-20(23)13-27-18-9-8-14(11-19(18)25-2)10-15-12-26-17-7-5-4-6-16(17)21(15)24/h4-11H,3,12-13H2,1-2H3,(H,22,23). The fourth-order valence-corrected chi connectivity index (χ4v) is 2.77. The molecule has 0 saturated heterocycles. The Hall–Kier alpha value is -3.28. The first-order valence-electron chi connectivity index (χ1n) is 8.67. The Labute approximate surface area is 157 Å². The Morgan fingerprint density at radius 1 is 1.22 bits per heavy atom. The molecule has 3 rings (SSSR count). The van der Waals surface area contributed by atoms with Gasteiger partial charge in [-0.3, -0.25) is 9.59 Å². The minimum Gasteiger partial charge on any atom is -0.493 e. The van der Waals surface area contributed by atoms with Gasteiger partial charge < -0.3 is 19.5 Å². The van der Waals surface area contributed by atoms with Gasteiger partial charge in [-0.15, -0.1) is 0 Å². The van der Waals surface area contributed by atoms with Crippen LogP contribution >= 0.6 is 0 Å². The van der Waals surface area contributed by atoms with Crippen molar-refractivity contribution in [3.8, 4) is 17.2 Å². The lowest BCUT2D eigenvalue weighted by Crippen LogP contribution is -2.28. The van der Waals surface area contributed by atoms with Crippen LogP contribution in [0.1, 0.15) is 22.8 Å². The third-order valence-electron chi connectivity index (χ3n) is 4.07. The Bertz CT molecular complexity index is 888. The number of benzene rings is 2. The lowest BCUT2D eigenvalue weighted by Gasteiger charge is -2.18. The zero-order valence-corrected chi connectivity index (χ0v) is 15.3. The van der Waals surface area contributed by atoms with E-state index in [2.05, 4.69) is 5.32 Å². The molecular weight excluding hydrogens is 346 g/mol. The molecule has 0 radical (unpaired) electrons. The van der Waals surface area contributed by atoms with E-state index in [-0.39, 0.29) is 24.9 Å². The highest BCUT2D eigenvalue weighted by molar-refractivity contribution is 6.14. The third kappa shape index (κ3) is 4.28. The summed E-state index contributed by atoms with van der Waals surface area (Å²) in [5.74, 6) is 1.30. The number of rotatable bonds is 6. The number of hydrogen-bond acceptors (Lipinski definition) is 5. The first-order chi connectivity index (χ1) is 13.1. The fourth-order valence-electron chi connectivity index (χ4n) is 2.77. The third-order valence-corrected chi connectivity index (χ3v) is 4.07. The maximum Gasteiger partial charge on any atom is 0.257 e. The van der Waals surface area contributed by atoms with Gasteiger partial charge in [-0.1, -0.05) is 18.2 Å². The smallest absolute Gasteiger partial charge is 0.257 e. The molecule has 0 spiro atoms. The molecule has 1 aliphatic heterocycles. The number of nitrogens with one attached hydrogen (secondary N) is 1. The summed E-state index contributed by atoms with van der Waals surface area (Å²) in [7, 11) is 1.52. The number of ketones is 1. The van der Waals surface area contributed by atoms with Crippen molar-refractivity contribution >= 4 is 17.8 Å². The molecule has 0 fully saturated rings. The number of ether oxygens (including phenoxy) is 3. The van der Waals surface area contributed by atoms with Crippen LogP contribution < -0.4 is 19.5 Å². The van der Waals surface area contributed by atoms with Gasteiger partial charge in [-0.25, -0.2) is 0 Å². The molecule has 0 unspecified atom stereocenters. The van der Waals surface area contributed by atoms with Gasteiger partial charge >= 0.3 is 0 Å². The van der Waals surface area contributed by atoms with Crippen molar-refractivity contribution in [1.29, 1.82) is 0 Å². The molecule has 0 saturated carbocycles. The number of carbonyl (C=O) groups is 2. The lowest BCUT2D eigenvalue weighted by atomic mass is 9.98. The highest BCUT2D eigenvalue weighted by Crippen LogP contribution is 2.31. The van der Waals surface area contributed by atoms with Crippen LogP contribution in [0.15, 0.2) is 48.0 Å². The lowest BCUT2D eigenvalue weighted by molar-refractivity contribution is -0.123. The first-order valence-corrected chi connectivity index (χ1v) is 8.67. The quantitative estimate of drug-likeness (QED) is 0.795. The van der Waals surface area contributed by atoms with Gasteiger partial charge in [-0.2, -0.15) is 0 Å². The van der Waals surface area contributed by atoms with Crippen LogP contribution in [0.25, 0.3) is 6.08 Å². The van der Waals surface area contributed by atoms with Gasteiger partial charge in [0.1, 0.15) is 12.4 Å². The normalized spacial score (nSPS) is 14.3. The number of para-hydroxylation sites is 1. The van der Waals surface area contributed by atoms with E-state index in [0.717, 1.165) is 5.56 Å². The Kier molecular flexibility index (Phi) is 5.76. The molecule has 2 aromatic rings. The van der Waals surface area contributed by atoms with Gasteiger partial charge in [0, 0.05) is 12.1 Å². The van der Waals surface area contributed by atoms with Crippen LogP contribution in [0.4, 0.5) is 0 Å². The van der Waals surface area contributed by atoms with Crippen molar-refractivity contribution in [3.05, 3.63) is 59.2 Å². The average Bonchev–Trinajstić information content (AvgIpc) is 2.69. The van der Waals surface area contributed by atoms with Crippen molar-refractivity contribution in [2.75, 3.05) is 26.9 Å². The molecule has 1 amide bonds. The largest absolute Gasteiger partial charge is 0.493 e. The zero-order valence-electron chi connectivity index (χ0n) is 15.3. The van der Waals surface area contributed by atoms with Gasteiger partial charge in [0.2, 0.25) is 0 Å². The van der Waals surface area contributed by atoms with E-state index >= 15 is 0 Å². The van der Waals surface area contributed by atoms with E-state index in [9.17, 15) is 9.59 Å². The summed E-state index contributed by atoms with van der Waals surface area (Å²) in [5, 5.41) is 2.67. The van der Waals surface area contributed by atoms with Crippen molar-refractivity contribution < 1.29 is 23.8 Å². The van der Waals surface area contributed by atoms with E-state index < -0.39 is 0 Å². The molecule has 0 atom stereocenters. The molecule has 1 heterocycles. The van der Waals surface area contributed by atoms with Gasteiger partial charge in [-0.05, 0) is 42.8 Å². The van der Waals surface area contributed by atoms with Crippen LogP contribution in [-0.4, -0.2) is 38.6 Å². The molecule has 0 bridgehead atoms. The molecular formula is C21H21NO5. The van der Waals surface area contributed by atoms with Crippen molar-refractivity contribution in [3.63, 3.8) is 0 Å². The highest BCUT2D eigenvalue weighted by atomic mass is 16.5. The predicted octanol–water partition coefficient (Wildman–Crippen LogP) is 2.87. The number of likely N-dealkylation sites (N-methyl/N-ethyl adjacent to an activating group) is 1. The van der Waals surface area contributed by atoms with Crippen LogP contribution in [0.2, 0.25) is 0 Å². The molecule has 0 aromatic heterocycles. The van der Waals surface area contributed by atoms with Crippen LogP contribution in [0, 0.1) is 0 Å². The minimum absolute atomic E-state index is 0.0487. The van der Waals surface area contributed by atoms with Crippen LogP contribution in [0.5, 0.6) is 17.2 Å². The molecule has 1 aliphatic rings. The van der Waals surface area contributed by atoms with E-state index in [1.54, 1.807) is 36.4 Å². The topological polar surface area (TPSA) is 73.9 Å². The second kappa shape index (κ2) is 8.40. The minimum atomic E-state index is -0.200. The molecule has 140 valence electrons. The van der Waals surface area contributed by atoms with E-state index in [1.807, 2.05) is 19.1 Å². The summed E-state index contributed by atoms with van der Waals surface area (Å²) in [6, 6.07) is 12.5. The number of hydrogen-bond donors (Lipinski definition) is 1. The van der Waals surface area contributed by atoms with E-state index in [1.165, 1.54) is 7.11 Å². The summed E-state index contributed by atoms with van der Waals surface area (Å²) in [5.41, 5.74) is 1.90. The Morgan fingerprint density at radius 3 is 2.81 bits per heavy atom. The number of Topliss-reactive ketones (excluding diaryl/α,β-unsaturated/α-hetero) is 1. The maximum absolute atomic E-state index is 12.6. The van der Waals surface area contributed by atoms with Crippen molar-refractivity contribution in [1.82, 2.24) is 5.32 Å². The number of fused-ring (bicyclic) bond motifs is 1. The summed E-state index contributed by atoms with van der Waals surface area (Å²) in [6.07, 6.45) is 1.77. The molecule has 2 aromatic carbocycles. The number of methoxy groups -OCH3 is 1. The maximum atomic E-state index is 12.6. The SMILES string of the molecule is CCNC(=O)COc1ccc(C=C2COc3ccccc3C2=O)cc1OC. The van der Waals surface area contributed by atoms with Gasteiger partial charge in [0.25, 0.3) is 5.91 Å². The Morgan fingerprint density at radius 2 is 2.04 bits per heavy atom. The highest BCUT2D eigenvalue weighted by Gasteiger charge is 2.22. The van der Waals surface area contributed by atoms with E-state index in [0.29, 0.717) is 34.9 Å². The molecule has 6 nitrogen and oxygen atoms in total. The summed E-state index contributed by atoms with van der Waals surface area (Å²) in [4.78, 5) is 24.2. The summed E-state index contributed by atoms with van der Waals surface area (Å²) < 4.78 is 16.5. The molecule has 27 heavy (non-hydrogen) atoms. The van der Waals surface area contributed by atoms with Crippen LogP contribution in [0.3, 0.4) is 0 Å². The molecule has 6 heteroatoms. The predicted molar refractivity (Wildman–Crippen MR) is 101 cm³/mol. The van der Waals surface area contributed by atoms with Crippen molar-refractivity contribution in [2.45, 2.75) is 6.92 Å². The summed E-state index contributed by atoms with van der Waals surface area (Å²) >= 11 is 0. The van der Waals surface area contributed by atoms with E-state index in [4.69, 9.17) is 14.2 Å². The number of amides is 1.